The second-order valence-corrected chi connectivity index (χ2v) is 5.04. The molecule has 0 saturated heterocycles. The molecule has 0 aromatic heterocycles. The highest BCUT2D eigenvalue weighted by Gasteiger charge is 2.16. The van der Waals surface area contributed by atoms with Gasteiger partial charge in [-0.3, -0.25) is 4.21 Å². The van der Waals surface area contributed by atoms with Crippen molar-refractivity contribution in [1.29, 1.82) is 5.26 Å². The van der Waals surface area contributed by atoms with Gasteiger partial charge in [0.2, 0.25) is 0 Å². The summed E-state index contributed by atoms with van der Waals surface area (Å²) in [6.07, 6.45) is 1.25. The van der Waals surface area contributed by atoms with Crippen LogP contribution in [0.1, 0.15) is 33.6 Å². The molecule has 0 amide bonds. The van der Waals surface area contributed by atoms with Crippen LogP contribution in [0.25, 0.3) is 0 Å². The Bertz CT molecular complexity index is 171. The fourth-order valence-corrected chi connectivity index (χ4v) is 2.21. The number of hydrogen-bond acceptors (Lipinski definition) is 2. The van der Waals surface area contributed by atoms with Crippen molar-refractivity contribution in [1.82, 2.24) is 0 Å². The molecule has 64 valence electrons. The second-order valence-electron chi connectivity index (χ2n) is 2.77. The first-order valence-electron chi connectivity index (χ1n) is 3.89. The van der Waals surface area contributed by atoms with Crippen molar-refractivity contribution in [2.24, 2.45) is 0 Å². The van der Waals surface area contributed by atoms with Crippen LogP contribution in [0.4, 0.5) is 0 Å². The lowest BCUT2D eigenvalue weighted by atomic mass is 10.3. The van der Waals surface area contributed by atoms with E-state index in [1.54, 1.807) is 0 Å². The first-order valence-corrected chi connectivity index (χ1v) is 5.17. The van der Waals surface area contributed by atoms with Crippen molar-refractivity contribution in [2.75, 3.05) is 0 Å². The molecule has 0 spiro atoms. The van der Waals surface area contributed by atoms with Crippen molar-refractivity contribution in [2.45, 2.75) is 44.1 Å². The lowest BCUT2D eigenvalue weighted by molar-refractivity contribution is 0.657. The van der Waals surface area contributed by atoms with Crippen LogP contribution in [0.15, 0.2) is 0 Å². The summed E-state index contributed by atoms with van der Waals surface area (Å²) in [5.74, 6) is 0. The van der Waals surface area contributed by atoms with Gasteiger partial charge in [-0.1, -0.05) is 20.8 Å². The van der Waals surface area contributed by atoms with E-state index in [0.717, 1.165) is 6.42 Å². The number of rotatable bonds is 4. The van der Waals surface area contributed by atoms with Gasteiger partial charge in [0.05, 0.1) is 6.07 Å². The molecule has 0 aromatic rings. The molecule has 0 aromatic carbocycles. The molecule has 0 aliphatic heterocycles. The van der Waals surface area contributed by atoms with Crippen molar-refractivity contribution in [3.05, 3.63) is 0 Å². The van der Waals surface area contributed by atoms with Crippen molar-refractivity contribution in [3.8, 4) is 6.07 Å². The van der Waals surface area contributed by atoms with Gasteiger partial charge in [0, 0.05) is 27.7 Å². The van der Waals surface area contributed by atoms with E-state index in [1.165, 1.54) is 0 Å². The molecule has 3 heteroatoms. The van der Waals surface area contributed by atoms with E-state index in [1.807, 2.05) is 20.8 Å². The monoisotopic (exact) mass is 173 g/mol. The van der Waals surface area contributed by atoms with Gasteiger partial charge in [-0.05, 0) is 6.42 Å². The van der Waals surface area contributed by atoms with Crippen molar-refractivity contribution in [3.63, 3.8) is 0 Å². The lowest BCUT2D eigenvalue weighted by Crippen LogP contribution is -2.20. The Kier molecular flexibility index (Phi) is 5.14. The topological polar surface area (TPSA) is 40.9 Å². The van der Waals surface area contributed by atoms with Crippen LogP contribution in [0.2, 0.25) is 0 Å². The van der Waals surface area contributed by atoms with Crippen LogP contribution < -0.4 is 0 Å². The molecule has 0 aliphatic rings. The van der Waals surface area contributed by atoms with Gasteiger partial charge in [-0.2, -0.15) is 5.26 Å². The third kappa shape index (κ3) is 3.52. The minimum atomic E-state index is -0.832. The maximum Gasteiger partial charge on any atom is 0.0634 e. The van der Waals surface area contributed by atoms with Gasteiger partial charge in [0.25, 0.3) is 0 Å². The summed E-state index contributed by atoms with van der Waals surface area (Å²) in [6, 6.07) is 2.06. The maximum absolute atomic E-state index is 11.4. The third-order valence-corrected chi connectivity index (χ3v) is 3.65. The van der Waals surface area contributed by atoms with E-state index in [9.17, 15) is 4.21 Å². The van der Waals surface area contributed by atoms with E-state index in [4.69, 9.17) is 5.26 Å². The molecule has 2 atom stereocenters. The summed E-state index contributed by atoms with van der Waals surface area (Å²) >= 11 is 0. The first kappa shape index (κ1) is 10.6. The molecule has 0 heterocycles. The molecule has 0 radical (unpaired) electrons. The van der Waals surface area contributed by atoms with Gasteiger partial charge in [-0.25, -0.2) is 0 Å². The molecule has 2 unspecified atom stereocenters. The average molecular weight is 173 g/mol. The van der Waals surface area contributed by atoms with E-state index >= 15 is 0 Å². The minimum absolute atomic E-state index is 0.0694. The van der Waals surface area contributed by atoms with Gasteiger partial charge in [0.1, 0.15) is 0 Å². The Morgan fingerprint density at radius 2 is 2.09 bits per heavy atom. The van der Waals surface area contributed by atoms with Gasteiger partial charge >= 0.3 is 0 Å². The third-order valence-electron chi connectivity index (χ3n) is 1.57. The molecule has 0 aliphatic carbocycles. The summed E-state index contributed by atoms with van der Waals surface area (Å²) in [6.45, 7) is 5.83. The molecular formula is C8H15NOS. The van der Waals surface area contributed by atoms with Crippen LogP contribution in [0.5, 0.6) is 0 Å². The Hall–Kier alpha value is -0.360. The van der Waals surface area contributed by atoms with Gasteiger partial charge in [-0.15, -0.1) is 0 Å². The molecule has 2 nitrogen and oxygen atoms in total. The van der Waals surface area contributed by atoms with Crippen LogP contribution >= 0.6 is 0 Å². The largest absolute Gasteiger partial charge is 0.259 e. The van der Waals surface area contributed by atoms with E-state index < -0.39 is 10.8 Å². The normalized spacial score (nSPS) is 15.9. The highest BCUT2D eigenvalue weighted by atomic mass is 32.2. The first-order chi connectivity index (χ1) is 5.13. The lowest BCUT2D eigenvalue weighted by Gasteiger charge is -2.13. The number of nitriles is 1. The van der Waals surface area contributed by atoms with Crippen LogP contribution in [-0.2, 0) is 10.8 Å². The Morgan fingerprint density at radius 1 is 1.55 bits per heavy atom. The summed E-state index contributed by atoms with van der Waals surface area (Å²) in [4.78, 5) is 0. The highest BCUT2D eigenvalue weighted by molar-refractivity contribution is 7.86. The van der Waals surface area contributed by atoms with Crippen LogP contribution in [0.3, 0.4) is 0 Å². The Balaban J connectivity index is 4.05. The predicted molar refractivity (Wildman–Crippen MR) is 47.6 cm³/mol. The van der Waals surface area contributed by atoms with E-state index in [0.29, 0.717) is 6.42 Å². The SMILES string of the molecule is CCC(CC#N)S(=O)C(C)C. The Morgan fingerprint density at radius 3 is 2.36 bits per heavy atom. The van der Waals surface area contributed by atoms with Crippen LogP contribution in [-0.4, -0.2) is 14.7 Å². The van der Waals surface area contributed by atoms with E-state index in [2.05, 4.69) is 6.07 Å². The summed E-state index contributed by atoms with van der Waals surface area (Å²) in [5, 5.41) is 8.66. The molecular weight excluding hydrogens is 158 g/mol. The summed E-state index contributed by atoms with van der Waals surface area (Å²) in [5.41, 5.74) is 0. The standard InChI is InChI=1S/C8H15NOS/c1-4-8(5-6-9)11(10)7(2)3/h7-8H,4-5H2,1-3H3. The molecule has 0 saturated carbocycles. The maximum atomic E-state index is 11.4. The predicted octanol–water partition coefficient (Wildman–Crippen LogP) is 1.84. The van der Waals surface area contributed by atoms with E-state index in [-0.39, 0.29) is 10.5 Å². The number of nitrogens with zero attached hydrogens (tertiary/aromatic N) is 1. The molecule has 0 fully saturated rings. The smallest absolute Gasteiger partial charge is 0.0634 e. The summed E-state index contributed by atoms with van der Waals surface area (Å²) < 4.78 is 11.4. The quantitative estimate of drug-likeness (QED) is 0.651. The van der Waals surface area contributed by atoms with Gasteiger partial charge in [0.15, 0.2) is 0 Å². The Labute approximate surface area is 71.1 Å². The summed E-state index contributed by atoms with van der Waals surface area (Å²) in [7, 11) is -0.832. The fourth-order valence-electron chi connectivity index (χ4n) is 0.877. The molecule has 11 heavy (non-hydrogen) atoms. The van der Waals surface area contributed by atoms with Crippen molar-refractivity contribution >= 4 is 10.8 Å². The average Bonchev–Trinajstić information content (AvgIpc) is 1.98. The fraction of sp³-hybridized carbons (Fsp3) is 0.875. The zero-order valence-electron chi connectivity index (χ0n) is 7.33. The molecule has 0 N–H and O–H groups in total. The highest BCUT2D eigenvalue weighted by Crippen LogP contribution is 2.10. The van der Waals surface area contributed by atoms with Crippen molar-refractivity contribution < 1.29 is 4.21 Å². The number of hydrogen-bond donors (Lipinski definition) is 0. The van der Waals surface area contributed by atoms with Gasteiger partial charge < -0.3 is 0 Å². The zero-order valence-corrected chi connectivity index (χ0v) is 8.15. The second kappa shape index (κ2) is 5.31. The molecule has 0 bridgehead atoms. The van der Waals surface area contributed by atoms with Crippen LogP contribution in [0, 0.1) is 11.3 Å². The minimum Gasteiger partial charge on any atom is -0.259 e. The molecule has 0 rings (SSSR count). The zero-order chi connectivity index (χ0) is 8.85.